The molecule has 4 nitrogen and oxygen atoms in total. The number of ether oxygens (including phenoxy) is 1. The molecule has 0 spiro atoms. The van der Waals surface area contributed by atoms with Crippen LogP contribution in [0.5, 0.6) is 11.6 Å². The van der Waals surface area contributed by atoms with E-state index in [1.807, 2.05) is 56.3 Å². The molecule has 0 unspecified atom stereocenters. The number of aromatic nitrogens is 2. The second kappa shape index (κ2) is 4.81. The highest BCUT2D eigenvalue weighted by molar-refractivity contribution is 5.88. The SMILES string of the molecule is Cc1cccc(N)c1Oc1nnc(C)c2ccccc12. The Morgan fingerprint density at radius 3 is 2.40 bits per heavy atom. The van der Waals surface area contributed by atoms with Crippen LogP contribution in [-0.4, -0.2) is 10.2 Å². The van der Waals surface area contributed by atoms with Crippen LogP contribution in [0.2, 0.25) is 0 Å². The maximum atomic E-state index is 5.97. The van der Waals surface area contributed by atoms with E-state index in [1.54, 1.807) is 0 Å². The summed E-state index contributed by atoms with van der Waals surface area (Å²) in [5.74, 6) is 1.11. The summed E-state index contributed by atoms with van der Waals surface area (Å²) in [7, 11) is 0. The van der Waals surface area contributed by atoms with Gasteiger partial charge in [0.25, 0.3) is 0 Å². The van der Waals surface area contributed by atoms with Crippen molar-refractivity contribution in [2.75, 3.05) is 5.73 Å². The number of nitrogen functional groups attached to an aromatic ring is 1. The molecule has 0 radical (unpaired) electrons. The predicted octanol–water partition coefficient (Wildman–Crippen LogP) is 3.62. The monoisotopic (exact) mass is 265 g/mol. The molecule has 0 atom stereocenters. The van der Waals surface area contributed by atoms with Gasteiger partial charge in [0.05, 0.1) is 11.4 Å². The van der Waals surface area contributed by atoms with E-state index in [2.05, 4.69) is 10.2 Å². The minimum Gasteiger partial charge on any atom is -0.435 e. The van der Waals surface area contributed by atoms with Crippen molar-refractivity contribution in [3.8, 4) is 11.6 Å². The van der Waals surface area contributed by atoms with Gasteiger partial charge in [-0.05, 0) is 31.5 Å². The first-order chi connectivity index (χ1) is 9.66. The fraction of sp³-hybridized carbons (Fsp3) is 0.125. The number of hydrogen-bond donors (Lipinski definition) is 1. The van der Waals surface area contributed by atoms with Crippen molar-refractivity contribution in [2.45, 2.75) is 13.8 Å². The normalized spacial score (nSPS) is 10.7. The molecule has 2 N–H and O–H groups in total. The van der Waals surface area contributed by atoms with Gasteiger partial charge < -0.3 is 10.5 Å². The van der Waals surface area contributed by atoms with Crippen LogP contribution in [0.15, 0.2) is 42.5 Å². The molecule has 0 aliphatic heterocycles. The second-order valence-corrected chi connectivity index (χ2v) is 4.73. The van der Waals surface area contributed by atoms with Crippen LogP contribution in [0, 0.1) is 13.8 Å². The lowest BCUT2D eigenvalue weighted by atomic mass is 10.1. The van der Waals surface area contributed by atoms with E-state index in [-0.39, 0.29) is 0 Å². The fourth-order valence-corrected chi connectivity index (χ4v) is 2.20. The van der Waals surface area contributed by atoms with E-state index in [0.29, 0.717) is 17.3 Å². The summed E-state index contributed by atoms with van der Waals surface area (Å²) in [6.45, 7) is 3.89. The van der Waals surface area contributed by atoms with Gasteiger partial charge in [-0.3, -0.25) is 0 Å². The van der Waals surface area contributed by atoms with E-state index < -0.39 is 0 Å². The standard InChI is InChI=1S/C16H15N3O/c1-10-6-5-9-14(17)15(10)20-16-13-8-4-3-7-12(13)11(2)18-19-16/h3-9H,17H2,1-2H3. The Hall–Kier alpha value is -2.62. The summed E-state index contributed by atoms with van der Waals surface area (Å²) in [4.78, 5) is 0. The molecule has 0 saturated heterocycles. The van der Waals surface area contributed by atoms with Crippen molar-refractivity contribution < 1.29 is 4.74 Å². The number of rotatable bonds is 2. The summed E-state index contributed by atoms with van der Waals surface area (Å²) >= 11 is 0. The minimum absolute atomic E-state index is 0.479. The third-order valence-corrected chi connectivity index (χ3v) is 3.28. The van der Waals surface area contributed by atoms with Gasteiger partial charge in [0.15, 0.2) is 5.75 Å². The van der Waals surface area contributed by atoms with Gasteiger partial charge in [-0.25, -0.2) is 0 Å². The molecular weight excluding hydrogens is 250 g/mol. The Balaban J connectivity index is 2.14. The number of hydrogen-bond acceptors (Lipinski definition) is 4. The van der Waals surface area contributed by atoms with Crippen LogP contribution in [-0.2, 0) is 0 Å². The van der Waals surface area contributed by atoms with Gasteiger partial charge >= 0.3 is 0 Å². The van der Waals surface area contributed by atoms with Gasteiger partial charge in [0, 0.05) is 10.8 Å². The molecule has 2 aromatic carbocycles. The zero-order valence-corrected chi connectivity index (χ0v) is 11.4. The van der Waals surface area contributed by atoms with Crippen molar-refractivity contribution in [2.24, 2.45) is 0 Å². The van der Waals surface area contributed by atoms with E-state index in [4.69, 9.17) is 10.5 Å². The molecule has 0 aliphatic rings. The molecule has 1 aromatic heterocycles. The molecule has 0 aliphatic carbocycles. The smallest absolute Gasteiger partial charge is 0.246 e. The first kappa shape index (κ1) is 12.4. The van der Waals surface area contributed by atoms with Crippen molar-refractivity contribution in [3.63, 3.8) is 0 Å². The summed E-state index contributed by atoms with van der Waals surface area (Å²) in [5.41, 5.74) is 8.41. The number of nitrogens with zero attached hydrogens (tertiary/aromatic N) is 2. The van der Waals surface area contributed by atoms with Crippen LogP contribution in [0.1, 0.15) is 11.3 Å². The average Bonchev–Trinajstić information content (AvgIpc) is 2.46. The average molecular weight is 265 g/mol. The first-order valence-electron chi connectivity index (χ1n) is 6.42. The molecule has 4 heteroatoms. The summed E-state index contributed by atoms with van der Waals surface area (Å²) in [5, 5.41) is 10.3. The number of aryl methyl sites for hydroxylation is 2. The third kappa shape index (κ3) is 2.05. The van der Waals surface area contributed by atoms with Crippen molar-refractivity contribution in [1.82, 2.24) is 10.2 Å². The molecule has 0 fully saturated rings. The molecule has 3 rings (SSSR count). The zero-order valence-electron chi connectivity index (χ0n) is 11.4. The Bertz CT molecular complexity index is 764. The molecule has 20 heavy (non-hydrogen) atoms. The summed E-state index contributed by atoms with van der Waals surface area (Å²) in [6.07, 6.45) is 0. The molecule has 0 amide bonds. The Morgan fingerprint density at radius 2 is 1.65 bits per heavy atom. The molecular formula is C16H15N3O. The highest BCUT2D eigenvalue weighted by atomic mass is 16.5. The van der Waals surface area contributed by atoms with Gasteiger partial charge in [-0.15, -0.1) is 5.10 Å². The number of nitrogens with two attached hydrogens (primary N) is 1. The van der Waals surface area contributed by atoms with Gasteiger partial charge in [-0.1, -0.05) is 30.3 Å². The quantitative estimate of drug-likeness (QED) is 0.719. The minimum atomic E-state index is 0.479. The topological polar surface area (TPSA) is 61.0 Å². The Kier molecular flexibility index (Phi) is 2.99. The van der Waals surface area contributed by atoms with Crippen molar-refractivity contribution >= 4 is 16.5 Å². The lowest BCUT2D eigenvalue weighted by Gasteiger charge is -2.12. The number of para-hydroxylation sites is 1. The van der Waals surface area contributed by atoms with E-state index >= 15 is 0 Å². The van der Waals surface area contributed by atoms with Gasteiger partial charge in [0.1, 0.15) is 0 Å². The van der Waals surface area contributed by atoms with Crippen LogP contribution >= 0.6 is 0 Å². The number of fused-ring (bicyclic) bond motifs is 1. The van der Waals surface area contributed by atoms with E-state index in [0.717, 1.165) is 22.0 Å². The van der Waals surface area contributed by atoms with Crippen LogP contribution in [0.4, 0.5) is 5.69 Å². The largest absolute Gasteiger partial charge is 0.435 e. The fourth-order valence-electron chi connectivity index (χ4n) is 2.20. The highest BCUT2D eigenvalue weighted by Crippen LogP contribution is 2.33. The third-order valence-electron chi connectivity index (χ3n) is 3.28. The van der Waals surface area contributed by atoms with Gasteiger partial charge in [-0.2, -0.15) is 5.10 Å². The molecule has 0 bridgehead atoms. The van der Waals surface area contributed by atoms with Crippen molar-refractivity contribution in [3.05, 3.63) is 53.7 Å². The van der Waals surface area contributed by atoms with E-state index in [9.17, 15) is 0 Å². The molecule has 0 saturated carbocycles. The summed E-state index contributed by atoms with van der Waals surface area (Å²) < 4.78 is 5.91. The maximum absolute atomic E-state index is 5.97. The Morgan fingerprint density at radius 1 is 0.900 bits per heavy atom. The molecule has 1 heterocycles. The summed E-state index contributed by atoms with van der Waals surface area (Å²) in [6, 6.07) is 13.6. The van der Waals surface area contributed by atoms with Gasteiger partial charge in [0.2, 0.25) is 5.88 Å². The maximum Gasteiger partial charge on any atom is 0.246 e. The number of benzene rings is 2. The molecule has 3 aromatic rings. The predicted molar refractivity (Wildman–Crippen MR) is 79.9 cm³/mol. The van der Waals surface area contributed by atoms with Crippen LogP contribution in [0.25, 0.3) is 10.8 Å². The first-order valence-corrected chi connectivity index (χ1v) is 6.42. The second-order valence-electron chi connectivity index (χ2n) is 4.73. The zero-order chi connectivity index (χ0) is 14.1. The van der Waals surface area contributed by atoms with E-state index in [1.165, 1.54) is 0 Å². The Labute approximate surface area is 117 Å². The van der Waals surface area contributed by atoms with Crippen LogP contribution in [0.3, 0.4) is 0 Å². The number of anilines is 1. The highest BCUT2D eigenvalue weighted by Gasteiger charge is 2.11. The molecule has 100 valence electrons. The van der Waals surface area contributed by atoms with Crippen molar-refractivity contribution in [1.29, 1.82) is 0 Å². The van der Waals surface area contributed by atoms with Crippen LogP contribution < -0.4 is 10.5 Å². The lowest BCUT2D eigenvalue weighted by Crippen LogP contribution is -1.99. The lowest BCUT2D eigenvalue weighted by molar-refractivity contribution is 0.460.